The number of rotatable bonds is 6. The van der Waals surface area contributed by atoms with E-state index in [1.54, 1.807) is 11.3 Å². The molecule has 1 N–H and O–H groups in total. The summed E-state index contributed by atoms with van der Waals surface area (Å²) in [5, 5.41) is 6.43. The fourth-order valence-corrected chi connectivity index (χ4v) is 4.40. The van der Waals surface area contributed by atoms with E-state index in [0.717, 1.165) is 75.2 Å². The summed E-state index contributed by atoms with van der Waals surface area (Å²) in [6, 6.07) is 10.1. The van der Waals surface area contributed by atoms with E-state index in [-0.39, 0.29) is 0 Å². The van der Waals surface area contributed by atoms with E-state index < -0.39 is 0 Å². The van der Waals surface area contributed by atoms with E-state index in [4.69, 9.17) is 4.98 Å². The lowest BCUT2D eigenvalue weighted by Gasteiger charge is -2.34. The largest absolute Gasteiger partial charge is 0.342 e. The minimum atomic E-state index is 0.303. The van der Waals surface area contributed by atoms with Gasteiger partial charge in [-0.15, -0.1) is 11.3 Å². The third-order valence-electron chi connectivity index (χ3n) is 5.24. The summed E-state index contributed by atoms with van der Waals surface area (Å²) >= 11 is 1.65. The minimum absolute atomic E-state index is 0.303. The second kappa shape index (κ2) is 8.82. The number of hydrogen-bond acceptors (Lipinski definition) is 6. The maximum absolute atomic E-state index is 12.3. The van der Waals surface area contributed by atoms with Crippen molar-refractivity contribution in [1.82, 2.24) is 19.7 Å². The molecule has 4 rings (SSSR count). The molecule has 3 heterocycles. The second-order valence-electron chi connectivity index (χ2n) is 7.28. The summed E-state index contributed by atoms with van der Waals surface area (Å²) in [5.41, 5.74) is 2.18. The van der Waals surface area contributed by atoms with Gasteiger partial charge < -0.3 is 10.2 Å². The molecule has 144 valence electrons. The number of carbonyl (C=O) groups is 1. The number of benzene rings is 1. The molecule has 6 nitrogen and oxygen atoms in total. The zero-order valence-corrected chi connectivity index (χ0v) is 16.5. The summed E-state index contributed by atoms with van der Waals surface area (Å²) in [7, 11) is 0. The number of anilines is 2. The Morgan fingerprint density at radius 1 is 1.00 bits per heavy atom. The van der Waals surface area contributed by atoms with Crippen molar-refractivity contribution in [1.29, 1.82) is 0 Å². The third-order valence-corrected chi connectivity index (χ3v) is 6.05. The Morgan fingerprint density at radius 2 is 1.70 bits per heavy atom. The lowest BCUT2D eigenvalue weighted by molar-refractivity contribution is -0.131. The van der Waals surface area contributed by atoms with E-state index in [2.05, 4.69) is 20.5 Å². The Hall–Kier alpha value is -1.96. The maximum atomic E-state index is 12.3. The number of thiazole rings is 1. The van der Waals surface area contributed by atoms with Crippen LogP contribution >= 0.6 is 11.3 Å². The van der Waals surface area contributed by atoms with E-state index in [9.17, 15) is 4.79 Å². The summed E-state index contributed by atoms with van der Waals surface area (Å²) in [5.74, 6) is 0.303. The normalized spacial score (nSPS) is 18.7. The zero-order chi connectivity index (χ0) is 18.5. The number of aromatic nitrogens is 1. The van der Waals surface area contributed by atoms with Crippen LogP contribution in [0.2, 0.25) is 0 Å². The Morgan fingerprint density at radius 3 is 2.44 bits per heavy atom. The molecule has 27 heavy (non-hydrogen) atoms. The van der Waals surface area contributed by atoms with Crippen molar-refractivity contribution in [2.24, 2.45) is 0 Å². The molecule has 2 aliphatic heterocycles. The van der Waals surface area contributed by atoms with Gasteiger partial charge in [0, 0.05) is 56.9 Å². The van der Waals surface area contributed by atoms with E-state index >= 15 is 0 Å². The van der Waals surface area contributed by atoms with Gasteiger partial charge in [-0.3, -0.25) is 14.6 Å². The van der Waals surface area contributed by atoms with Crippen LogP contribution in [0.1, 0.15) is 18.5 Å². The van der Waals surface area contributed by atoms with Gasteiger partial charge in [0.1, 0.15) is 0 Å². The van der Waals surface area contributed by atoms with Crippen molar-refractivity contribution in [3.8, 4) is 0 Å². The number of carbonyl (C=O) groups excluding carboxylic acids is 1. The number of amides is 1. The molecule has 7 heteroatoms. The smallest absolute Gasteiger partial charge is 0.236 e. The van der Waals surface area contributed by atoms with Crippen molar-refractivity contribution >= 4 is 28.1 Å². The maximum Gasteiger partial charge on any atom is 0.236 e. The molecule has 2 fully saturated rings. The molecule has 0 spiro atoms. The molecule has 0 aliphatic carbocycles. The molecule has 0 unspecified atom stereocenters. The molecule has 1 aromatic heterocycles. The van der Waals surface area contributed by atoms with Crippen molar-refractivity contribution in [2.75, 3.05) is 51.1 Å². The van der Waals surface area contributed by atoms with Gasteiger partial charge >= 0.3 is 0 Å². The number of piperazine rings is 1. The highest BCUT2D eigenvalue weighted by atomic mass is 32.1. The molecular formula is C20H27N5OS. The minimum Gasteiger partial charge on any atom is -0.342 e. The first-order chi connectivity index (χ1) is 13.3. The molecule has 2 saturated heterocycles. The summed E-state index contributed by atoms with van der Waals surface area (Å²) in [6.45, 7) is 7.25. The van der Waals surface area contributed by atoms with Crippen LogP contribution in [0.15, 0.2) is 35.7 Å². The predicted octanol–water partition coefficient (Wildman–Crippen LogP) is 2.63. The van der Waals surface area contributed by atoms with Crippen molar-refractivity contribution in [3.63, 3.8) is 0 Å². The predicted molar refractivity (Wildman–Crippen MR) is 109 cm³/mol. The molecule has 2 aliphatic rings. The lowest BCUT2D eigenvalue weighted by Crippen LogP contribution is -2.49. The van der Waals surface area contributed by atoms with Gasteiger partial charge in [0.05, 0.1) is 12.2 Å². The number of hydrogen-bond donors (Lipinski definition) is 1. The van der Waals surface area contributed by atoms with E-state index in [1.807, 2.05) is 35.2 Å². The van der Waals surface area contributed by atoms with Crippen LogP contribution in [-0.4, -0.2) is 71.4 Å². The van der Waals surface area contributed by atoms with Crippen LogP contribution in [0.3, 0.4) is 0 Å². The molecule has 2 aromatic rings. The first kappa shape index (κ1) is 18.4. The topological polar surface area (TPSA) is 51.7 Å². The first-order valence-electron chi connectivity index (χ1n) is 9.75. The van der Waals surface area contributed by atoms with Crippen LogP contribution in [-0.2, 0) is 11.3 Å². The Bertz CT molecular complexity index is 736. The van der Waals surface area contributed by atoms with Gasteiger partial charge in [-0.25, -0.2) is 4.98 Å². The third kappa shape index (κ3) is 5.06. The monoisotopic (exact) mass is 385 g/mol. The van der Waals surface area contributed by atoms with Gasteiger partial charge in [-0.05, 0) is 25.0 Å². The fourth-order valence-electron chi connectivity index (χ4n) is 3.67. The molecule has 0 bridgehead atoms. The quantitative estimate of drug-likeness (QED) is 0.828. The summed E-state index contributed by atoms with van der Waals surface area (Å²) in [6.07, 6.45) is 2.32. The number of nitrogens with one attached hydrogen (secondary N) is 1. The van der Waals surface area contributed by atoms with Crippen LogP contribution in [0.4, 0.5) is 10.8 Å². The van der Waals surface area contributed by atoms with Gasteiger partial charge in [-0.1, -0.05) is 18.2 Å². The SMILES string of the molecule is O=C(CN1CCN(Cc2csc(Nc3ccccc3)n2)CC1)N1CCCC1. The Balaban J connectivity index is 1.22. The van der Waals surface area contributed by atoms with Crippen molar-refractivity contribution in [3.05, 3.63) is 41.4 Å². The fraction of sp³-hybridized carbons (Fsp3) is 0.500. The highest BCUT2D eigenvalue weighted by Crippen LogP contribution is 2.21. The van der Waals surface area contributed by atoms with Crippen molar-refractivity contribution < 1.29 is 4.79 Å². The Kier molecular flexibility index (Phi) is 6.01. The number of likely N-dealkylation sites (tertiary alicyclic amines) is 1. The van der Waals surface area contributed by atoms with E-state index in [0.29, 0.717) is 12.5 Å². The Labute approximate surface area is 164 Å². The molecule has 0 atom stereocenters. The summed E-state index contributed by atoms with van der Waals surface area (Å²) in [4.78, 5) is 23.7. The van der Waals surface area contributed by atoms with Gasteiger partial charge in [0.25, 0.3) is 0 Å². The zero-order valence-electron chi connectivity index (χ0n) is 15.6. The lowest BCUT2D eigenvalue weighted by atomic mass is 10.3. The van der Waals surface area contributed by atoms with Gasteiger partial charge in [0.2, 0.25) is 5.91 Å². The second-order valence-corrected chi connectivity index (χ2v) is 8.13. The number of para-hydroxylation sites is 1. The van der Waals surface area contributed by atoms with Crippen LogP contribution in [0, 0.1) is 0 Å². The summed E-state index contributed by atoms with van der Waals surface area (Å²) < 4.78 is 0. The molecule has 1 aromatic carbocycles. The molecular weight excluding hydrogens is 358 g/mol. The van der Waals surface area contributed by atoms with Crippen LogP contribution in [0.5, 0.6) is 0 Å². The van der Waals surface area contributed by atoms with E-state index in [1.165, 1.54) is 0 Å². The highest BCUT2D eigenvalue weighted by molar-refractivity contribution is 7.13. The van der Waals surface area contributed by atoms with Crippen LogP contribution < -0.4 is 5.32 Å². The molecule has 0 saturated carbocycles. The molecule has 0 radical (unpaired) electrons. The average Bonchev–Trinajstić information content (AvgIpc) is 3.37. The first-order valence-corrected chi connectivity index (χ1v) is 10.6. The number of nitrogens with zero attached hydrogens (tertiary/aromatic N) is 4. The molecule has 1 amide bonds. The van der Waals surface area contributed by atoms with Gasteiger partial charge in [0.15, 0.2) is 5.13 Å². The van der Waals surface area contributed by atoms with Crippen LogP contribution in [0.25, 0.3) is 0 Å². The van der Waals surface area contributed by atoms with Gasteiger partial charge in [-0.2, -0.15) is 0 Å². The highest BCUT2D eigenvalue weighted by Gasteiger charge is 2.23. The standard InChI is InChI=1S/C20H27N5OS/c26-19(25-8-4-5-9-25)15-24-12-10-23(11-13-24)14-18-16-27-20(22-18)21-17-6-2-1-3-7-17/h1-3,6-7,16H,4-5,8-15H2,(H,21,22). The average molecular weight is 386 g/mol. The van der Waals surface area contributed by atoms with Crippen molar-refractivity contribution in [2.45, 2.75) is 19.4 Å².